The number of hydrogen-bond donors (Lipinski definition) is 0. The minimum absolute atomic E-state index is 0.113. The molecule has 0 aromatic rings. The number of ether oxygens (including phenoxy) is 1. The van der Waals surface area contributed by atoms with E-state index in [-0.39, 0.29) is 12.5 Å². The Morgan fingerprint density at radius 2 is 2.00 bits per heavy atom. The SMILES string of the molecule is COCC(=O)N1CC(C)SC(C)C1. The van der Waals surface area contributed by atoms with Crippen molar-refractivity contribution < 1.29 is 9.53 Å². The predicted molar refractivity (Wildman–Crippen MR) is 55.0 cm³/mol. The number of amides is 1. The van der Waals surface area contributed by atoms with Gasteiger partial charge in [0.05, 0.1) is 0 Å². The molecule has 0 aliphatic carbocycles. The van der Waals surface area contributed by atoms with E-state index >= 15 is 0 Å². The molecular formula is C9H17NO2S. The van der Waals surface area contributed by atoms with Gasteiger partial charge in [0.25, 0.3) is 0 Å². The van der Waals surface area contributed by atoms with Crippen LogP contribution >= 0.6 is 11.8 Å². The van der Waals surface area contributed by atoms with Crippen molar-refractivity contribution >= 4 is 17.7 Å². The fourth-order valence-electron chi connectivity index (χ4n) is 1.60. The Morgan fingerprint density at radius 3 is 2.46 bits per heavy atom. The summed E-state index contributed by atoms with van der Waals surface area (Å²) in [5.74, 6) is 0.113. The second-order valence-electron chi connectivity index (χ2n) is 3.49. The second-order valence-corrected chi connectivity index (χ2v) is 5.37. The predicted octanol–water partition coefficient (Wildman–Crippen LogP) is 0.985. The van der Waals surface area contributed by atoms with E-state index in [1.165, 1.54) is 0 Å². The Bertz CT molecular complexity index is 176. The third kappa shape index (κ3) is 3.19. The number of nitrogens with zero attached hydrogens (tertiary/aromatic N) is 1. The minimum atomic E-state index is 0.113. The molecule has 0 saturated carbocycles. The molecular weight excluding hydrogens is 186 g/mol. The highest BCUT2D eigenvalue weighted by molar-refractivity contribution is 8.00. The van der Waals surface area contributed by atoms with Crippen LogP contribution in [0.2, 0.25) is 0 Å². The van der Waals surface area contributed by atoms with Crippen molar-refractivity contribution in [1.82, 2.24) is 4.90 Å². The fourth-order valence-corrected chi connectivity index (χ4v) is 2.92. The standard InChI is InChI=1S/C9H17NO2S/c1-7-4-10(5-8(2)13-7)9(11)6-12-3/h7-8H,4-6H2,1-3H3. The van der Waals surface area contributed by atoms with Crippen LogP contribution in [0.1, 0.15) is 13.8 Å². The first-order chi connectivity index (χ1) is 6.13. The highest BCUT2D eigenvalue weighted by Gasteiger charge is 2.25. The van der Waals surface area contributed by atoms with Crippen molar-refractivity contribution in [2.24, 2.45) is 0 Å². The molecule has 1 aliphatic heterocycles. The van der Waals surface area contributed by atoms with Gasteiger partial charge in [-0.2, -0.15) is 11.8 Å². The Labute approximate surface area is 83.8 Å². The number of methoxy groups -OCH3 is 1. The Balaban J connectivity index is 2.45. The van der Waals surface area contributed by atoms with Gasteiger partial charge >= 0.3 is 0 Å². The molecule has 2 atom stereocenters. The van der Waals surface area contributed by atoms with Crippen molar-refractivity contribution in [2.45, 2.75) is 24.3 Å². The van der Waals surface area contributed by atoms with Crippen LogP contribution < -0.4 is 0 Å². The molecule has 0 spiro atoms. The van der Waals surface area contributed by atoms with E-state index in [0.29, 0.717) is 10.5 Å². The maximum absolute atomic E-state index is 11.5. The van der Waals surface area contributed by atoms with Gasteiger partial charge in [-0.3, -0.25) is 4.79 Å². The van der Waals surface area contributed by atoms with Crippen LogP contribution in [-0.2, 0) is 9.53 Å². The zero-order valence-corrected chi connectivity index (χ0v) is 9.26. The Hall–Kier alpha value is -0.220. The number of carbonyl (C=O) groups excluding carboxylic acids is 1. The molecule has 1 aliphatic rings. The van der Waals surface area contributed by atoms with Crippen LogP contribution in [0.25, 0.3) is 0 Å². The van der Waals surface area contributed by atoms with E-state index in [4.69, 9.17) is 4.74 Å². The normalized spacial score (nSPS) is 29.0. The summed E-state index contributed by atoms with van der Waals surface area (Å²) in [5.41, 5.74) is 0. The van der Waals surface area contributed by atoms with Gasteiger partial charge < -0.3 is 9.64 Å². The van der Waals surface area contributed by atoms with Gasteiger partial charge in [-0.1, -0.05) is 13.8 Å². The maximum atomic E-state index is 11.5. The second kappa shape index (κ2) is 4.86. The van der Waals surface area contributed by atoms with Crippen LogP contribution in [0, 0.1) is 0 Å². The first-order valence-electron chi connectivity index (χ1n) is 4.55. The number of rotatable bonds is 2. The molecule has 76 valence electrons. The smallest absolute Gasteiger partial charge is 0.248 e. The quantitative estimate of drug-likeness (QED) is 0.670. The molecule has 1 amide bonds. The van der Waals surface area contributed by atoms with Gasteiger partial charge in [0, 0.05) is 30.7 Å². The summed E-state index contributed by atoms with van der Waals surface area (Å²) in [6.45, 7) is 6.25. The lowest BCUT2D eigenvalue weighted by Crippen LogP contribution is -2.45. The molecule has 1 fully saturated rings. The molecule has 3 nitrogen and oxygen atoms in total. The topological polar surface area (TPSA) is 29.5 Å². The molecule has 0 aromatic carbocycles. The maximum Gasteiger partial charge on any atom is 0.248 e. The van der Waals surface area contributed by atoms with Crippen LogP contribution in [0.4, 0.5) is 0 Å². The summed E-state index contributed by atoms with van der Waals surface area (Å²) in [7, 11) is 1.56. The lowest BCUT2D eigenvalue weighted by Gasteiger charge is -2.34. The largest absolute Gasteiger partial charge is 0.375 e. The van der Waals surface area contributed by atoms with E-state index in [9.17, 15) is 4.79 Å². The van der Waals surface area contributed by atoms with Crippen molar-refractivity contribution in [2.75, 3.05) is 26.8 Å². The van der Waals surface area contributed by atoms with Gasteiger partial charge in [-0.25, -0.2) is 0 Å². The Kier molecular flexibility index (Phi) is 4.06. The van der Waals surface area contributed by atoms with E-state index < -0.39 is 0 Å². The third-order valence-corrected chi connectivity index (χ3v) is 3.27. The number of hydrogen-bond acceptors (Lipinski definition) is 3. The monoisotopic (exact) mass is 203 g/mol. The van der Waals surface area contributed by atoms with Gasteiger partial charge in [-0.15, -0.1) is 0 Å². The summed E-state index contributed by atoms with van der Waals surface area (Å²) in [4.78, 5) is 13.4. The summed E-state index contributed by atoms with van der Waals surface area (Å²) in [6, 6.07) is 0. The molecule has 1 heterocycles. The molecule has 2 unspecified atom stereocenters. The molecule has 0 aromatic heterocycles. The average molecular weight is 203 g/mol. The number of carbonyl (C=O) groups is 1. The van der Waals surface area contributed by atoms with E-state index in [2.05, 4.69) is 13.8 Å². The fraction of sp³-hybridized carbons (Fsp3) is 0.889. The minimum Gasteiger partial charge on any atom is -0.375 e. The summed E-state index contributed by atoms with van der Waals surface area (Å²) >= 11 is 1.95. The van der Waals surface area contributed by atoms with Gasteiger partial charge in [0.15, 0.2) is 0 Å². The molecule has 13 heavy (non-hydrogen) atoms. The van der Waals surface area contributed by atoms with Gasteiger partial charge in [-0.05, 0) is 0 Å². The highest BCUT2D eigenvalue weighted by atomic mass is 32.2. The molecule has 4 heteroatoms. The van der Waals surface area contributed by atoms with Crippen LogP contribution in [-0.4, -0.2) is 48.1 Å². The van der Waals surface area contributed by atoms with Gasteiger partial charge in [0.2, 0.25) is 5.91 Å². The molecule has 1 saturated heterocycles. The zero-order chi connectivity index (χ0) is 9.84. The lowest BCUT2D eigenvalue weighted by atomic mass is 10.3. The number of thioether (sulfide) groups is 1. The van der Waals surface area contributed by atoms with Crippen LogP contribution in [0.15, 0.2) is 0 Å². The Morgan fingerprint density at radius 1 is 1.46 bits per heavy atom. The molecule has 1 rings (SSSR count). The molecule has 0 N–H and O–H groups in total. The van der Waals surface area contributed by atoms with Gasteiger partial charge in [0.1, 0.15) is 6.61 Å². The zero-order valence-electron chi connectivity index (χ0n) is 8.45. The van der Waals surface area contributed by atoms with E-state index in [1.54, 1.807) is 7.11 Å². The van der Waals surface area contributed by atoms with Crippen molar-refractivity contribution in [1.29, 1.82) is 0 Å². The molecule has 0 radical (unpaired) electrons. The van der Waals surface area contributed by atoms with Crippen LogP contribution in [0.3, 0.4) is 0 Å². The summed E-state index contributed by atoms with van der Waals surface area (Å²) < 4.78 is 4.83. The molecule has 0 bridgehead atoms. The van der Waals surface area contributed by atoms with Crippen molar-refractivity contribution in [3.05, 3.63) is 0 Å². The first kappa shape index (κ1) is 10.9. The summed E-state index contributed by atoms with van der Waals surface area (Å²) in [6.07, 6.45) is 0. The lowest BCUT2D eigenvalue weighted by molar-refractivity contribution is -0.135. The first-order valence-corrected chi connectivity index (χ1v) is 5.50. The van der Waals surface area contributed by atoms with Crippen molar-refractivity contribution in [3.63, 3.8) is 0 Å². The summed E-state index contributed by atoms with van der Waals surface area (Å²) in [5, 5.41) is 1.09. The van der Waals surface area contributed by atoms with Crippen LogP contribution in [0.5, 0.6) is 0 Å². The van der Waals surface area contributed by atoms with Crippen molar-refractivity contribution in [3.8, 4) is 0 Å². The highest BCUT2D eigenvalue weighted by Crippen LogP contribution is 2.24. The average Bonchev–Trinajstić information content (AvgIpc) is 2.03. The van der Waals surface area contributed by atoms with E-state index in [0.717, 1.165) is 13.1 Å². The third-order valence-electron chi connectivity index (χ3n) is 2.04. The van der Waals surface area contributed by atoms with E-state index in [1.807, 2.05) is 16.7 Å².